The molecule has 1 aromatic carbocycles. The van der Waals surface area contributed by atoms with Crippen molar-refractivity contribution in [2.75, 3.05) is 13.2 Å². The molecular weight excluding hydrogens is 260 g/mol. The lowest BCUT2D eigenvalue weighted by molar-refractivity contribution is 0.280. The molecule has 0 amide bonds. The van der Waals surface area contributed by atoms with E-state index >= 15 is 0 Å². The summed E-state index contributed by atoms with van der Waals surface area (Å²) in [4.78, 5) is 4.59. The van der Waals surface area contributed by atoms with E-state index < -0.39 is 0 Å². The maximum absolute atomic E-state index is 5.93. The van der Waals surface area contributed by atoms with E-state index in [4.69, 9.17) is 10.5 Å². The molecule has 1 aromatic heterocycles. The van der Waals surface area contributed by atoms with Gasteiger partial charge in [-0.05, 0) is 50.3 Å². The van der Waals surface area contributed by atoms with Crippen LogP contribution in [0.4, 0.5) is 0 Å². The molecule has 3 nitrogen and oxygen atoms in total. The normalized spacial score (nSPS) is 11.8. The van der Waals surface area contributed by atoms with Crippen molar-refractivity contribution in [3.05, 3.63) is 36.0 Å². The van der Waals surface area contributed by atoms with Crippen molar-refractivity contribution >= 4 is 10.9 Å². The second-order valence-electron chi connectivity index (χ2n) is 6.45. The first-order valence-electron chi connectivity index (χ1n) is 7.71. The summed E-state index contributed by atoms with van der Waals surface area (Å²) < 4.78 is 5.93. The molecule has 0 radical (unpaired) electrons. The third-order valence-corrected chi connectivity index (χ3v) is 3.88. The molecule has 2 rings (SSSR count). The number of rotatable bonds is 7. The fourth-order valence-electron chi connectivity index (χ4n) is 2.32. The minimum atomic E-state index is 0.234. The molecule has 0 saturated carbocycles. The van der Waals surface area contributed by atoms with Crippen LogP contribution in [0.15, 0.2) is 30.3 Å². The van der Waals surface area contributed by atoms with E-state index in [9.17, 15) is 0 Å². The molecule has 0 aliphatic carbocycles. The zero-order chi connectivity index (χ0) is 15.3. The molecule has 2 aromatic rings. The zero-order valence-electron chi connectivity index (χ0n) is 13.4. The zero-order valence-corrected chi connectivity index (χ0v) is 13.4. The Bertz CT molecular complexity index is 593. The number of benzene rings is 1. The van der Waals surface area contributed by atoms with Gasteiger partial charge in [-0.2, -0.15) is 0 Å². The molecule has 0 atom stereocenters. The maximum atomic E-state index is 5.93. The Hall–Kier alpha value is -1.61. The summed E-state index contributed by atoms with van der Waals surface area (Å²) in [6.07, 6.45) is 3.33. The lowest BCUT2D eigenvalue weighted by Gasteiger charge is -2.21. The van der Waals surface area contributed by atoms with Gasteiger partial charge in [0.1, 0.15) is 11.3 Å². The van der Waals surface area contributed by atoms with Crippen LogP contribution in [0, 0.1) is 12.3 Å². The molecule has 0 aliphatic heterocycles. The molecule has 2 N–H and O–H groups in total. The molecule has 0 aliphatic rings. The lowest BCUT2D eigenvalue weighted by Crippen LogP contribution is -2.23. The minimum absolute atomic E-state index is 0.234. The summed E-state index contributed by atoms with van der Waals surface area (Å²) >= 11 is 0. The largest absolute Gasteiger partial charge is 0.491 e. The van der Waals surface area contributed by atoms with Crippen molar-refractivity contribution in [2.45, 2.75) is 40.0 Å². The highest BCUT2D eigenvalue weighted by atomic mass is 16.5. The van der Waals surface area contributed by atoms with Gasteiger partial charge >= 0.3 is 0 Å². The van der Waals surface area contributed by atoms with Crippen LogP contribution >= 0.6 is 0 Å². The smallest absolute Gasteiger partial charge is 0.145 e. The SMILES string of the molecule is Cc1ccc2cccc(OCCCCC(C)(C)CN)c2n1. The van der Waals surface area contributed by atoms with E-state index in [0.717, 1.165) is 54.8 Å². The first kappa shape index (κ1) is 15.8. The lowest BCUT2D eigenvalue weighted by atomic mass is 9.87. The monoisotopic (exact) mass is 286 g/mol. The van der Waals surface area contributed by atoms with Gasteiger partial charge in [-0.25, -0.2) is 4.98 Å². The van der Waals surface area contributed by atoms with Crippen LogP contribution in [-0.2, 0) is 0 Å². The van der Waals surface area contributed by atoms with E-state index in [0.29, 0.717) is 0 Å². The van der Waals surface area contributed by atoms with E-state index in [1.165, 1.54) is 0 Å². The molecule has 0 fully saturated rings. The number of aryl methyl sites for hydroxylation is 1. The minimum Gasteiger partial charge on any atom is -0.491 e. The Balaban J connectivity index is 1.91. The average Bonchev–Trinajstić information content (AvgIpc) is 2.47. The van der Waals surface area contributed by atoms with Crippen LogP contribution in [-0.4, -0.2) is 18.1 Å². The number of unbranched alkanes of at least 4 members (excludes halogenated alkanes) is 1. The van der Waals surface area contributed by atoms with Gasteiger partial charge < -0.3 is 10.5 Å². The van der Waals surface area contributed by atoms with Crippen LogP contribution in [0.2, 0.25) is 0 Å². The number of nitrogens with zero attached hydrogens (tertiary/aromatic N) is 1. The highest BCUT2D eigenvalue weighted by molar-refractivity contribution is 5.84. The topological polar surface area (TPSA) is 48.1 Å². The van der Waals surface area contributed by atoms with Gasteiger partial charge in [0.25, 0.3) is 0 Å². The van der Waals surface area contributed by atoms with Crippen molar-refractivity contribution in [2.24, 2.45) is 11.1 Å². The Kier molecular flexibility index (Phi) is 5.18. The Labute approximate surface area is 127 Å². The van der Waals surface area contributed by atoms with Crippen LogP contribution in [0.1, 0.15) is 38.8 Å². The highest BCUT2D eigenvalue weighted by Gasteiger charge is 2.14. The van der Waals surface area contributed by atoms with Crippen molar-refractivity contribution in [1.29, 1.82) is 0 Å². The fourth-order valence-corrected chi connectivity index (χ4v) is 2.32. The van der Waals surface area contributed by atoms with Crippen LogP contribution in [0.3, 0.4) is 0 Å². The van der Waals surface area contributed by atoms with Gasteiger partial charge in [-0.15, -0.1) is 0 Å². The molecule has 0 bridgehead atoms. The van der Waals surface area contributed by atoms with E-state index in [1.807, 2.05) is 25.1 Å². The molecule has 1 heterocycles. The second-order valence-corrected chi connectivity index (χ2v) is 6.45. The van der Waals surface area contributed by atoms with E-state index in [-0.39, 0.29) is 5.41 Å². The first-order valence-corrected chi connectivity index (χ1v) is 7.71. The Morgan fingerprint density at radius 1 is 1.14 bits per heavy atom. The highest BCUT2D eigenvalue weighted by Crippen LogP contribution is 2.25. The third kappa shape index (κ3) is 4.43. The van der Waals surface area contributed by atoms with Crippen molar-refractivity contribution in [3.8, 4) is 5.75 Å². The number of aromatic nitrogens is 1. The van der Waals surface area contributed by atoms with Crippen LogP contribution < -0.4 is 10.5 Å². The van der Waals surface area contributed by atoms with Crippen molar-refractivity contribution in [1.82, 2.24) is 4.98 Å². The molecule has 0 spiro atoms. The van der Waals surface area contributed by atoms with Gasteiger partial charge in [-0.3, -0.25) is 0 Å². The van der Waals surface area contributed by atoms with Crippen molar-refractivity contribution in [3.63, 3.8) is 0 Å². The average molecular weight is 286 g/mol. The summed E-state index contributed by atoms with van der Waals surface area (Å²) in [5.41, 5.74) is 7.96. The predicted octanol–water partition coefficient (Wildman–Crippen LogP) is 4.08. The van der Waals surface area contributed by atoms with Crippen LogP contribution in [0.25, 0.3) is 10.9 Å². The number of para-hydroxylation sites is 1. The molecule has 3 heteroatoms. The fraction of sp³-hybridized carbons (Fsp3) is 0.500. The number of ether oxygens (including phenoxy) is 1. The van der Waals surface area contributed by atoms with Gasteiger partial charge in [0, 0.05) is 11.1 Å². The quantitative estimate of drug-likeness (QED) is 0.780. The van der Waals surface area contributed by atoms with Gasteiger partial charge in [-0.1, -0.05) is 32.0 Å². The standard InChI is InChI=1S/C18H26N2O/c1-14-9-10-15-7-6-8-16(17(15)20-14)21-12-5-4-11-18(2,3)13-19/h6-10H,4-5,11-13,19H2,1-3H3. The second kappa shape index (κ2) is 6.90. The van der Waals surface area contributed by atoms with Gasteiger partial charge in [0.15, 0.2) is 0 Å². The summed E-state index contributed by atoms with van der Waals surface area (Å²) in [7, 11) is 0. The number of hydrogen-bond acceptors (Lipinski definition) is 3. The summed E-state index contributed by atoms with van der Waals surface area (Å²) in [6, 6.07) is 10.2. The number of pyridine rings is 1. The molecule has 21 heavy (non-hydrogen) atoms. The predicted molar refractivity (Wildman–Crippen MR) is 88.7 cm³/mol. The van der Waals surface area contributed by atoms with Gasteiger partial charge in [0.05, 0.1) is 6.61 Å². The van der Waals surface area contributed by atoms with Crippen LogP contribution in [0.5, 0.6) is 5.75 Å². The Morgan fingerprint density at radius 3 is 2.71 bits per heavy atom. The van der Waals surface area contributed by atoms with E-state index in [2.05, 4.69) is 31.0 Å². The molecule has 0 saturated heterocycles. The maximum Gasteiger partial charge on any atom is 0.145 e. The number of fused-ring (bicyclic) bond motifs is 1. The summed E-state index contributed by atoms with van der Waals surface area (Å²) in [6.45, 7) is 7.90. The number of hydrogen-bond donors (Lipinski definition) is 1. The Morgan fingerprint density at radius 2 is 1.95 bits per heavy atom. The summed E-state index contributed by atoms with van der Waals surface area (Å²) in [5, 5.41) is 1.13. The molecule has 114 valence electrons. The molecular formula is C18H26N2O. The number of nitrogens with two attached hydrogens (primary N) is 1. The van der Waals surface area contributed by atoms with E-state index in [1.54, 1.807) is 0 Å². The third-order valence-electron chi connectivity index (χ3n) is 3.88. The van der Waals surface area contributed by atoms with Gasteiger partial charge in [0.2, 0.25) is 0 Å². The molecule has 0 unspecified atom stereocenters. The first-order chi connectivity index (χ1) is 10.0. The summed E-state index contributed by atoms with van der Waals surface area (Å²) in [5.74, 6) is 0.884. The van der Waals surface area contributed by atoms with Crippen molar-refractivity contribution < 1.29 is 4.74 Å².